The van der Waals surface area contributed by atoms with Crippen LogP contribution < -0.4 is 5.32 Å². The maximum absolute atomic E-state index is 12.7. The molecular weight excluding hydrogens is 324 g/mol. The molecule has 0 unspecified atom stereocenters. The number of aromatic amines is 1. The van der Waals surface area contributed by atoms with E-state index < -0.39 is 0 Å². The predicted octanol–water partition coefficient (Wildman–Crippen LogP) is 3.72. The Morgan fingerprint density at radius 2 is 2.12 bits per heavy atom. The molecule has 2 amide bonds. The van der Waals surface area contributed by atoms with Crippen LogP contribution in [0, 0.1) is 0 Å². The van der Waals surface area contributed by atoms with Gasteiger partial charge >= 0.3 is 6.03 Å². The summed E-state index contributed by atoms with van der Waals surface area (Å²) >= 11 is 0. The van der Waals surface area contributed by atoms with Crippen LogP contribution in [0.1, 0.15) is 44.6 Å². The molecular formula is C21H30N4O. The molecule has 1 aliphatic carbocycles. The van der Waals surface area contributed by atoms with Crippen molar-refractivity contribution in [2.45, 2.75) is 57.7 Å². The van der Waals surface area contributed by atoms with Crippen LogP contribution in [0.3, 0.4) is 0 Å². The van der Waals surface area contributed by atoms with Crippen molar-refractivity contribution in [1.29, 1.82) is 0 Å². The molecule has 140 valence electrons. The Hall–Kier alpha value is -2.01. The summed E-state index contributed by atoms with van der Waals surface area (Å²) in [6.45, 7) is 6.16. The molecule has 2 fully saturated rings. The standard InChI is InChI=1S/C21H30N4O/c1-16(24-12-2-3-13-24)8-10-23-21(26)25(19-5-6-19)15-17-4-7-20-18(14-17)9-11-22-20/h4,7,9,11,14,16,19,22H,2-3,5-6,8,10,12-13,15H2,1H3,(H,23,26)/t16-/m1/s1. The highest BCUT2D eigenvalue weighted by molar-refractivity contribution is 5.80. The van der Waals surface area contributed by atoms with Crippen LogP contribution in [-0.2, 0) is 6.54 Å². The lowest BCUT2D eigenvalue weighted by atomic mass is 10.1. The van der Waals surface area contributed by atoms with Gasteiger partial charge < -0.3 is 20.1 Å². The average Bonchev–Trinajstić information content (AvgIpc) is 3.14. The minimum absolute atomic E-state index is 0.0929. The maximum atomic E-state index is 12.7. The van der Waals surface area contributed by atoms with Crippen LogP contribution in [0.2, 0.25) is 0 Å². The Labute approximate surface area is 155 Å². The van der Waals surface area contributed by atoms with Gasteiger partial charge in [0.15, 0.2) is 0 Å². The van der Waals surface area contributed by atoms with E-state index in [4.69, 9.17) is 0 Å². The molecule has 0 spiro atoms. The molecule has 1 aromatic heterocycles. The number of nitrogens with one attached hydrogen (secondary N) is 2. The van der Waals surface area contributed by atoms with E-state index in [0.717, 1.165) is 31.3 Å². The second kappa shape index (κ2) is 7.70. The van der Waals surface area contributed by atoms with Gasteiger partial charge in [0.1, 0.15) is 0 Å². The van der Waals surface area contributed by atoms with Crippen molar-refractivity contribution in [1.82, 2.24) is 20.1 Å². The van der Waals surface area contributed by atoms with Crippen LogP contribution in [0.5, 0.6) is 0 Å². The van der Waals surface area contributed by atoms with Gasteiger partial charge in [-0.1, -0.05) is 6.07 Å². The summed E-state index contributed by atoms with van der Waals surface area (Å²) < 4.78 is 0. The first-order valence-corrected chi connectivity index (χ1v) is 10.1. The molecule has 26 heavy (non-hydrogen) atoms. The molecule has 5 nitrogen and oxygen atoms in total. The molecule has 2 aliphatic rings. The average molecular weight is 354 g/mol. The molecule has 2 heterocycles. The molecule has 1 saturated heterocycles. The Balaban J connectivity index is 1.31. The fourth-order valence-electron chi connectivity index (χ4n) is 4.01. The van der Waals surface area contributed by atoms with E-state index in [2.05, 4.69) is 46.4 Å². The topological polar surface area (TPSA) is 51.4 Å². The van der Waals surface area contributed by atoms with Crippen molar-refractivity contribution in [2.75, 3.05) is 19.6 Å². The number of hydrogen-bond donors (Lipinski definition) is 2. The van der Waals surface area contributed by atoms with Crippen LogP contribution in [-0.4, -0.2) is 52.5 Å². The third-order valence-corrected chi connectivity index (χ3v) is 5.82. The summed E-state index contributed by atoms with van der Waals surface area (Å²) in [5.41, 5.74) is 2.34. The number of carbonyl (C=O) groups excluding carboxylic acids is 1. The Kier molecular flexibility index (Phi) is 5.16. The fourth-order valence-corrected chi connectivity index (χ4v) is 4.01. The van der Waals surface area contributed by atoms with Crippen molar-refractivity contribution >= 4 is 16.9 Å². The number of likely N-dealkylation sites (tertiary alicyclic amines) is 1. The Bertz CT molecular complexity index is 745. The van der Waals surface area contributed by atoms with Gasteiger partial charge in [0.25, 0.3) is 0 Å². The van der Waals surface area contributed by atoms with Gasteiger partial charge in [-0.15, -0.1) is 0 Å². The van der Waals surface area contributed by atoms with Crippen LogP contribution in [0.25, 0.3) is 10.9 Å². The van der Waals surface area contributed by atoms with Gasteiger partial charge in [0.2, 0.25) is 0 Å². The van der Waals surface area contributed by atoms with E-state index in [-0.39, 0.29) is 6.03 Å². The second-order valence-electron chi connectivity index (χ2n) is 7.87. The number of amides is 2. The zero-order chi connectivity index (χ0) is 17.9. The SMILES string of the molecule is C[C@H](CCNC(=O)N(Cc1ccc2[nH]ccc2c1)C1CC1)N1CCCC1. The van der Waals surface area contributed by atoms with Gasteiger partial charge in [-0.2, -0.15) is 0 Å². The number of carbonyl (C=O) groups is 1. The van der Waals surface area contributed by atoms with E-state index in [1.165, 1.54) is 36.9 Å². The third kappa shape index (κ3) is 4.04. The maximum Gasteiger partial charge on any atom is 0.317 e. The quantitative estimate of drug-likeness (QED) is 0.796. The van der Waals surface area contributed by atoms with E-state index in [0.29, 0.717) is 18.6 Å². The van der Waals surface area contributed by atoms with Gasteiger partial charge in [-0.05, 0) is 81.3 Å². The zero-order valence-electron chi connectivity index (χ0n) is 15.7. The number of rotatable bonds is 7. The first-order chi connectivity index (χ1) is 12.7. The molecule has 2 N–H and O–H groups in total. The Morgan fingerprint density at radius 3 is 2.88 bits per heavy atom. The summed E-state index contributed by atoms with van der Waals surface area (Å²) in [5.74, 6) is 0. The molecule has 1 aromatic carbocycles. The zero-order valence-corrected chi connectivity index (χ0v) is 15.7. The summed E-state index contributed by atoms with van der Waals surface area (Å²) in [7, 11) is 0. The van der Waals surface area contributed by atoms with Crippen molar-refractivity contribution in [3.05, 3.63) is 36.0 Å². The summed E-state index contributed by atoms with van der Waals surface area (Å²) in [6.07, 6.45) is 7.88. The third-order valence-electron chi connectivity index (χ3n) is 5.82. The number of H-pyrrole nitrogens is 1. The minimum atomic E-state index is 0.0929. The van der Waals surface area contributed by atoms with Crippen molar-refractivity contribution in [3.8, 4) is 0 Å². The van der Waals surface area contributed by atoms with Crippen LogP contribution >= 0.6 is 0 Å². The fraction of sp³-hybridized carbons (Fsp3) is 0.571. The largest absolute Gasteiger partial charge is 0.361 e. The summed E-state index contributed by atoms with van der Waals surface area (Å²) in [6, 6.07) is 9.55. The second-order valence-corrected chi connectivity index (χ2v) is 7.87. The number of nitrogens with zero attached hydrogens (tertiary/aromatic N) is 2. The first kappa shape index (κ1) is 17.4. The number of fused-ring (bicyclic) bond motifs is 1. The molecule has 0 bridgehead atoms. The summed E-state index contributed by atoms with van der Waals surface area (Å²) in [5, 5.41) is 4.37. The number of aromatic nitrogens is 1. The number of benzene rings is 1. The number of urea groups is 1. The monoisotopic (exact) mass is 354 g/mol. The molecule has 5 heteroatoms. The van der Waals surface area contributed by atoms with Gasteiger partial charge in [0.05, 0.1) is 0 Å². The van der Waals surface area contributed by atoms with Crippen LogP contribution in [0.4, 0.5) is 4.79 Å². The Morgan fingerprint density at radius 1 is 1.31 bits per heavy atom. The first-order valence-electron chi connectivity index (χ1n) is 10.1. The van der Waals surface area contributed by atoms with Crippen LogP contribution in [0.15, 0.2) is 30.5 Å². The lowest BCUT2D eigenvalue weighted by molar-refractivity contribution is 0.189. The highest BCUT2D eigenvalue weighted by Crippen LogP contribution is 2.29. The molecule has 1 saturated carbocycles. The van der Waals surface area contributed by atoms with Crippen molar-refractivity contribution in [3.63, 3.8) is 0 Å². The van der Waals surface area contributed by atoms with Gasteiger partial charge in [-0.3, -0.25) is 0 Å². The lowest BCUT2D eigenvalue weighted by Gasteiger charge is -2.26. The van der Waals surface area contributed by atoms with Gasteiger partial charge in [-0.25, -0.2) is 4.79 Å². The lowest BCUT2D eigenvalue weighted by Crippen LogP contribution is -2.42. The van der Waals surface area contributed by atoms with Crippen molar-refractivity contribution < 1.29 is 4.79 Å². The number of hydrogen-bond acceptors (Lipinski definition) is 2. The highest BCUT2D eigenvalue weighted by Gasteiger charge is 2.32. The van der Waals surface area contributed by atoms with Crippen molar-refractivity contribution in [2.24, 2.45) is 0 Å². The minimum Gasteiger partial charge on any atom is -0.361 e. The molecule has 2 aromatic rings. The highest BCUT2D eigenvalue weighted by atomic mass is 16.2. The van der Waals surface area contributed by atoms with E-state index in [1.54, 1.807) is 0 Å². The predicted molar refractivity (Wildman–Crippen MR) is 105 cm³/mol. The molecule has 4 rings (SSSR count). The van der Waals surface area contributed by atoms with E-state index in [9.17, 15) is 4.79 Å². The normalized spacial score (nSPS) is 19.0. The molecule has 0 radical (unpaired) electrons. The van der Waals surface area contributed by atoms with E-state index >= 15 is 0 Å². The molecule has 1 atom stereocenters. The summed E-state index contributed by atoms with van der Waals surface area (Å²) in [4.78, 5) is 20.5. The van der Waals surface area contributed by atoms with E-state index in [1.807, 2.05) is 11.1 Å². The molecule has 1 aliphatic heterocycles. The smallest absolute Gasteiger partial charge is 0.317 e. The van der Waals surface area contributed by atoms with Gasteiger partial charge in [0, 0.05) is 36.9 Å².